The molecule has 5 nitrogen and oxygen atoms in total. The number of rotatable bonds is 2. The van der Waals surface area contributed by atoms with E-state index in [1.807, 2.05) is 25.8 Å². The Balaban J connectivity index is 2.22. The minimum Gasteiger partial charge on any atom is -0.481 e. The molecule has 0 aliphatic carbocycles. The predicted octanol–water partition coefficient (Wildman–Crippen LogP) is 1.20. The molecule has 3 unspecified atom stereocenters. The second-order valence-corrected chi connectivity index (χ2v) is 6.28. The van der Waals surface area contributed by atoms with Gasteiger partial charge in [0.15, 0.2) is 0 Å². The molecule has 0 amide bonds. The minimum absolute atomic E-state index is 0.0144. The van der Waals surface area contributed by atoms with Crippen molar-refractivity contribution in [2.24, 2.45) is 5.92 Å². The zero-order valence-electron chi connectivity index (χ0n) is 10.8. The Hall–Kier alpha value is -0.980. The Kier molecular flexibility index (Phi) is 3.70. The molecule has 2 rings (SSSR count). The molecule has 0 aromatic carbocycles. The van der Waals surface area contributed by atoms with Crippen LogP contribution in [0, 0.1) is 19.8 Å². The van der Waals surface area contributed by atoms with Crippen LogP contribution in [0.4, 0.5) is 0 Å². The summed E-state index contributed by atoms with van der Waals surface area (Å²) in [5.41, 5.74) is 0.975. The lowest BCUT2D eigenvalue weighted by Gasteiger charge is -2.38. The number of aliphatic hydroxyl groups is 1. The highest BCUT2D eigenvalue weighted by Gasteiger charge is 2.38. The van der Waals surface area contributed by atoms with E-state index in [4.69, 9.17) is 5.11 Å². The van der Waals surface area contributed by atoms with E-state index in [2.05, 4.69) is 4.98 Å². The highest BCUT2D eigenvalue weighted by Crippen LogP contribution is 2.35. The summed E-state index contributed by atoms with van der Waals surface area (Å²) in [6.45, 7) is 4.33. The molecule has 1 fully saturated rings. The smallest absolute Gasteiger partial charge is 0.310 e. The van der Waals surface area contributed by atoms with Crippen LogP contribution in [0.5, 0.6) is 0 Å². The standard InChI is InChI=1S/C12H18N2O3S/c1-6-11(13-7(2)18-6)9-4-10(15)8(12(16)17)5-14(9)3/h8-10,15H,4-5H2,1-3H3,(H,16,17). The van der Waals surface area contributed by atoms with Gasteiger partial charge in [0.05, 0.1) is 28.8 Å². The fourth-order valence-corrected chi connectivity index (χ4v) is 3.42. The third-order valence-corrected chi connectivity index (χ3v) is 4.42. The molecule has 6 heteroatoms. The molecular formula is C12H18N2O3S. The van der Waals surface area contributed by atoms with Crippen molar-refractivity contribution in [2.45, 2.75) is 32.4 Å². The molecule has 100 valence electrons. The summed E-state index contributed by atoms with van der Waals surface area (Å²) in [7, 11) is 1.89. The third-order valence-electron chi connectivity index (χ3n) is 3.52. The van der Waals surface area contributed by atoms with Gasteiger partial charge in [-0.05, 0) is 27.3 Å². The van der Waals surface area contributed by atoms with Gasteiger partial charge < -0.3 is 10.2 Å². The average molecular weight is 270 g/mol. The number of carboxylic acid groups (broad SMARTS) is 1. The molecule has 0 radical (unpaired) electrons. The molecule has 1 aliphatic heterocycles. The molecule has 1 aromatic heterocycles. The van der Waals surface area contributed by atoms with Crippen molar-refractivity contribution in [1.82, 2.24) is 9.88 Å². The van der Waals surface area contributed by atoms with Gasteiger partial charge in [0.1, 0.15) is 0 Å². The van der Waals surface area contributed by atoms with Gasteiger partial charge in [0.2, 0.25) is 0 Å². The van der Waals surface area contributed by atoms with E-state index < -0.39 is 18.0 Å². The molecule has 0 bridgehead atoms. The van der Waals surface area contributed by atoms with Crippen LogP contribution in [0.25, 0.3) is 0 Å². The zero-order valence-corrected chi connectivity index (χ0v) is 11.6. The van der Waals surface area contributed by atoms with E-state index >= 15 is 0 Å². The van der Waals surface area contributed by atoms with E-state index in [9.17, 15) is 9.90 Å². The number of thiazole rings is 1. The summed E-state index contributed by atoms with van der Waals surface area (Å²) >= 11 is 1.64. The maximum Gasteiger partial charge on any atom is 0.310 e. The van der Waals surface area contributed by atoms with Gasteiger partial charge in [-0.25, -0.2) is 4.98 Å². The lowest BCUT2D eigenvalue weighted by Crippen LogP contribution is -2.46. The first-order valence-electron chi connectivity index (χ1n) is 5.95. The third kappa shape index (κ3) is 2.41. The second-order valence-electron chi connectivity index (χ2n) is 4.88. The summed E-state index contributed by atoms with van der Waals surface area (Å²) in [5, 5.41) is 20.0. The van der Waals surface area contributed by atoms with Gasteiger partial charge in [-0.2, -0.15) is 0 Å². The molecule has 2 heterocycles. The van der Waals surface area contributed by atoms with Crippen molar-refractivity contribution >= 4 is 17.3 Å². The van der Waals surface area contributed by atoms with Crippen LogP contribution in [0.15, 0.2) is 0 Å². The van der Waals surface area contributed by atoms with E-state index in [1.54, 1.807) is 11.3 Å². The normalized spacial score (nSPS) is 29.4. The maximum absolute atomic E-state index is 11.0. The molecule has 0 spiro atoms. The van der Waals surface area contributed by atoms with Gasteiger partial charge in [-0.1, -0.05) is 0 Å². The first-order chi connectivity index (χ1) is 8.40. The number of hydrogen-bond acceptors (Lipinski definition) is 5. The number of likely N-dealkylation sites (tertiary alicyclic amines) is 1. The van der Waals surface area contributed by atoms with Crippen molar-refractivity contribution in [3.63, 3.8) is 0 Å². The van der Waals surface area contributed by atoms with E-state index in [0.29, 0.717) is 13.0 Å². The topological polar surface area (TPSA) is 73.7 Å². The summed E-state index contributed by atoms with van der Waals surface area (Å²) in [6, 6.07) is 0.0144. The van der Waals surface area contributed by atoms with Crippen LogP contribution >= 0.6 is 11.3 Å². The number of nitrogens with zero attached hydrogens (tertiary/aromatic N) is 2. The van der Waals surface area contributed by atoms with E-state index in [-0.39, 0.29) is 6.04 Å². The van der Waals surface area contributed by atoms with Crippen molar-refractivity contribution < 1.29 is 15.0 Å². The molecular weight excluding hydrogens is 252 g/mol. The molecule has 1 aliphatic rings. The van der Waals surface area contributed by atoms with Crippen LogP contribution in [-0.4, -0.2) is 45.8 Å². The number of aryl methyl sites for hydroxylation is 2. The van der Waals surface area contributed by atoms with Crippen LogP contribution in [0.3, 0.4) is 0 Å². The quantitative estimate of drug-likeness (QED) is 0.844. The highest BCUT2D eigenvalue weighted by molar-refractivity contribution is 7.11. The van der Waals surface area contributed by atoms with Gasteiger partial charge in [0.25, 0.3) is 0 Å². The van der Waals surface area contributed by atoms with Gasteiger partial charge in [0, 0.05) is 11.4 Å². The average Bonchev–Trinajstić information content (AvgIpc) is 2.60. The number of aromatic nitrogens is 1. The van der Waals surface area contributed by atoms with E-state index in [1.165, 1.54) is 0 Å². The zero-order chi connectivity index (χ0) is 13.4. The summed E-state index contributed by atoms with van der Waals surface area (Å²) < 4.78 is 0. The first-order valence-corrected chi connectivity index (χ1v) is 6.76. The van der Waals surface area contributed by atoms with Crippen molar-refractivity contribution in [2.75, 3.05) is 13.6 Å². The molecule has 18 heavy (non-hydrogen) atoms. The Morgan fingerprint density at radius 2 is 2.17 bits per heavy atom. The second kappa shape index (κ2) is 4.95. The van der Waals surface area contributed by atoms with Crippen LogP contribution < -0.4 is 0 Å². The lowest BCUT2D eigenvalue weighted by atomic mass is 9.88. The summed E-state index contributed by atoms with van der Waals surface area (Å²) in [6.07, 6.45) is -0.373. The predicted molar refractivity (Wildman–Crippen MR) is 68.7 cm³/mol. The molecule has 3 atom stereocenters. The Labute approximate surface area is 110 Å². The van der Waals surface area contributed by atoms with Gasteiger partial charge in [-0.3, -0.25) is 9.69 Å². The number of hydrogen-bond donors (Lipinski definition) is 2. The fraction of sp³-hybridized carbons (Fsp3) is 0.667. The lowest BCUT2D eigenvalue weighted by molar-refractivity contribution is -0.150. The molecule has 1 aromatic rings. The molecule has 1 saturated heterocycles. The summed E-state index contributed by atoms with van der Waals surface area (Å²) in [4.78, 5) is 18.7. The Morgan fingerprint density at radius 3 is 2.67 bits per heavy atom. The maximum atomic E-state index is 11.0. The van der Waals surface area contributed by atoms with Crippen LogP contribution in [0.2, 0.25) is 0 Å². The van der Waals surface area contributed by atoms with E-state index in [0.717, 1.165) is 15.6 Å². The fourth-order valence-electron chi connectivity index (χ4n) is 2.55. The summed E-state index contributed by atoms with van der Waals surface area (Å²) in [5.74, 6) is -1.63. The van der Waals surface area contributed by atoms with Crippen LogP contribution in [-0.2, 0) is 4.79 Å². The Morgan fingerprint density at radius 1 is 1.50 bits per heavy atom. The number of aliphatic carboxylic acids is 1. The Bertz CT molecular complexity index is 460. The molecule has 0 saturated carbocycles. The van der Waals surface area contributed by atoms with Crippen molar-refractivity contribution in [1.29, 1.82) is 0 Å². The first kappa shape index (κ1) is 13.5. The SMILES string of the molecule is Cc1nc(C2CC(O)C(C(=O)O)CN2C)c(C)s1. The number of carboxylic acids is 1. The number of carbonyl (C=O) groups is 1. The number of piperidine rings is 1. The molecule has 2 N–H and O–H groups in total. The highest BCUT2D eigenvalue weighted by atomic mass is 32.1. The monoisotopic (exact) mass is 270 g/mol. The van der Waals surface area contributed by atoms with Crippen molar-refractivity contribution in [3.05, 3.63) is 15.6 Å². The largest absolute Gasteiger partial charge is 0.481 e. The van der Waals surface area contributed by atoms with Gasteiger partial charge in [-0.15, -0.1) is 11.3 Å². The van der Waals surface area contributed by atoms with Crippen LogP contribution in [0.1, 0.15) is 28.0 Å². The number of aliphatic hydroxyl groups excluding tert-OH is 1. The minimum atomic E-state index is -0.931. The van der Waals surface area contributed by atoms with Crippen molar-refractivity contribution in [3.8, 4) is 0 Å². The van der Waals surface area contributed by atoms with Gasteiger partial charge >= 0.3 is 5.97 Å².